The second-order valence-corrected chi connectivity index (χ2v) is 3.85. The van der Waals surface area contributed by atoms with Gasteiger partial charge in [-0.3, -0.25) is 9.63 Å². The van der Waals surface area contributed by atoms with E-state index >= 15 is 0 Å². The molecule has 0 saturated carbocycles. The molecule has 0 spiro atoms. The molecule has 1 amide bonds. The molecule has 0 aliphatic carbocycles. The van der Waals surface area contributed by atoms with Gasteiger partial charge in [-0.05, 0) is 19.4 Å². The van der Waals surface area contributed by atoms with E-state index < -0.39 is 0 Å². The monoisotopic (exact) mass is 214 g/mol. The third-order valence-corrected chi connectivity index (χ3v) is 2.75. The topological polar surface area (TPSA) is 42.0 Å². The molecule has 6 heteroatoms. The molecule has 86 valence electrons. The Morgan fingerprint density at radius 1 is 1.53 bits per heavy atom. The Balaban J connectivity index is 2.44. The first-order valence-corrected chi connectivity index (χ1v) is 5.22. The molecular weight excluding hydrogens is 195 g/mol. The van der Waals surface area contributed by atoms with Gasteiger partial charge >= 0.3 is 7.62 Å². The Kier molecular flexibility index (Phi) is 5.07. The summed E-state index contributed by atoms with van der Waals surface area (Å²) in [4.78, 5) is 18.9. The lowest BCUT2D eigenvalue weighted by Crippen LogP contribution is -2.45. The minimum absolute atomic E-state index is 0.0406. The van der Waals surface area contributed by atoms with Crippen LogP contribution >= 0.6 is 0 Å². The van der Waals surface area contributed by atoms with Gasteiger partial charge in [0.1, 0.15) is 0 Å². The van der Waals surface area contributed by atoms with Crippen LogP contribution in [0.5, 0.6) is 0 Å². The van der Waals surface area contributed by atoms with Gasteiger partial charge in [0, 0.05) is 20.7 Å². The van der Waals surface area contributed by atoms with E-state index in [2.05, 4.69) is 4.81 Å². The maximum atomic E-state index is 11.8. The number of hydrogen-bond acceptors (Lipinski definition) is 4. The van der Waals surface area contributed by atoms with Crippen LogP contribution in [0.4, 0.5) is 0 Å². The van der Waals surface area contributed by atoms with Crippen molar-refractivity contribution in [2.45, 2.75) is 12.8 Å². The molecule has 1 saturated heterocycles. The van der Waals surface area contributed by atoms with Crippen LogP contribution in [0.15, 0.2) is 0 Å². The number of carbonyl (C=O) groups excluding carboxylic acids is 1. The van der Waals surface area contributed by atoms with Gasteiger partial charge in [-0.1, -0.05) is 0 Å². The van der Waals surface area contributed by atoms with Crippen LogP contribution in [0.25, 0.3) is 0 Å². The van der Waals surface area contributed by atoms with Gasteiger partial charge < -0.3 is 9.47 Å². The fourth-order valence-corrected chi connectivity index (χ4v) is 1.90. The molecule has 0 aromatic rings. The first-order valence-electron chi connectivity index (χ1n) is 5.22. The Hall–Kier alpha value is -0.585. The molecular formula is C9H19BN2O3. The van der Waals surface area contributed by atoms with Gasteiger partial charge in [0.25, 0.3) is 0 Å². The Morgan fingerprint density at radius 3 is 2.87 bits per heavy atom. The quantitative estimate of drug-likeness (QED) is 0.473. The largest absolute Gasteiger partial charge is 0.427 e. The van der Waals surface area contributed by atoms with Crippen molar-refractivity contribution in [2.75, 3.05) is 34.4 Å². The Bertz CT molecular complexity index is 214. The predicted octanol–water partition coefficient (Wildman–Crippen LogP) is -0.369. The molecule has 0 N–H and O–H groups in total. The fourth-order valence-electron chi connectivity index (χ4n) is 1.90. The number of piperidine rings is 1. The molecule has 0 bridgehead atoms. The third-order valence-electron chi connectivity index (χ3n) is 2.75. The molecule has 5 nitrogen and oxygen atoms in total. The summed E-state index contributed by atoms with van der Waals surface area (Å²) in [6.07, 6.45) is 1.98. The van der Waals surface area contributed by atoms with Crippen molar-refractivity contribution in [1.82, 2.24) is 9.87 Å². The highest BCUT2D eigenvalue weighted by Gasteiger charge is 2.28. The van der Waals surface area contributed by atoms with Gasteiger partial charge in [0.2, 0.25) is 5.91 Å². The van der Waals surface area contributed by atoms with Crippen LogP contribution in [-0.2, 0) is 14.3 Å². The molecule has 1 aliphatic heterocycles. The van der Waals surface area contributed by atoms with Crippen molar-refractivity contribution < 1.29 is 14.3 Å². The lowest BCUT2D eigenvalue weighted by Gasteiger charge is -2.32. The zero-order chi connectivity index (χ0) is 11.3. The summed E-state index contributed by atoms with van der Waals surface area (Å²) in [5.41, 5.74) is 0. The van der Waals surface area contributed by atoms with Gasteiger partial charge in [-0.25, -0.2) is 5.06 Å². The SMILES string of the molecule is COBN1CCC[C@@H](C(=O)N(C)OC)C1. The van der Waals surface area contributed by atoms with Crippen molar-refractivity contribution in [3.05, 3.63) is 0 Å². The highest BCUT2D eigenvalue weighted by atomic mass is 16.7. The molecule has 0 unspecified atom stereocenters. The average molecular weight is 214 g/mol. The Labute approximate surface area is 91.6 Å². The molecule has 0 radical (unpaired) electrons. The van der Waals surface area contributed by atoms with Crippen molar-refractivity contribution in [3.63, 3.8) is 0 Å². The van der Waals surface area contributed by atoms with Crippen LogP contribution in [0.3, 0.4) is 0 Å². The van der Waals surface area contributed by atoms with Gasteiger partial charge in [-0.2, -0.15) is 0 Å². The summed E-state index contributed by atoms with van der Waals surface area (Å²) in [6, 6.07) is 0. The molecule has 1 heterocycles. The maximum Gasteiger partial charge on any atom is 0.363 e. The van der Waals surface area contributed by atoms with Crippen LogP contribution in [-0.4, -0.2) is 57.8 Å². The number of nitrogens with zero attached hydrogens (tertiary/aromatic N) is 2. The standard InChI is InChI=1S/C9H19BN2O3/c1-11(15-3)9(13)8-5-4-6-12(7-8)10-14-2/h8,10H,4-7H2,1-3H3/t8-/m1/s1. The van der Waals surface area contributed by atoms with Crippen molar-refractivity contribution in [1.29, 1.82) is 0 Å². The zero-order valence-electron chi connectivity index (χ0n) is 9.73. The van der Waals surface area contributed by atoms with Crippen LogP contribution in [0.1, 0.15) is 12.8 Å². The molecule has 15 heavy (non-hydrogen) atoms. The molecule has 1 atom stereocenters. The lowest BCUT2D eigenvalue weighted by atomic mass is 9.93. The van der Waals surface area contributed by atoms with Crippen LogP contribution in [0, 0.1) is 5.92 Å². The lowest BCUT2D eigenvalue weighted by molar-refractivity contribution is -0.174. The number of carbonyl (C=O) groups is 1. The second-order valence-electron chi connectivity index (χ2n) is 3.85. The average Bonchev–Trinajstić information content (AvgIpc) is 2.28. The number of hydroxylamine groups is 2. The zero-order valence-corrected chi connectivity index (χ0v) is 9.73. The van der Waals surface area contributed by atoms with E-state index in [1.807, 2.05) is 0 Å². The summed E-state index contributed by atoms with van der Waals surface area (Å²) in [5.74, 6) is 0.0946. The van der Waals surface area contributed by atoms with E-state index in [0.717, 1.165) is 25.9 Å². The normalized spacial score (nSPS) is 22.5. The highest BCUT2D eigenvalue weighted by molar-refractivity contribution is 6.23. The minimum Gasteiger partial charge on any atom is -0.427 e. The molecule has 1 rings (SSSR count). The van der Waals surface area contributed by atoms with Crippen molar-refractivity contribution in [3.8, 4) is 0 Å². The van der Waals surface area contributed by atoms with Crippen molar-refractivity contribution >= 4 is 13.5 Å². The van der Waals surface area contributed by atoms with E-state index in [-0.39, 0.29) is 11.8 Å². The summed E-state index contributed by atoms with van der Waals surface area (Å²) < 4.78 is 5.07. The van der Waals surface area contributed by atoms with E-state index in [4.69, 9.17) is 9.49 Å². The number of rotatable bonds is 4. The minimum atomic E-state index is 0.0406. The van der Waals surface area contributed by atoms with Gasteiger partial charge in [0.05, 0.1) is 13.0 Å². The van der Waals surface area contributed by atoms with Crippen LogP contribution < -0.4 is 0 Å². The van der Waals surface area contributed by atoms with E-state index in [0.29, 0.717) is 7.62 Å². The summed E-state index contributed by atoms with van der Waals surface area (Å²) >= 11 is 0. The molecule has 0 aromatic carbocycles. The summed E-state index contributed by atoms with van der Waals surface area (Å²) in [6.45, 7) is 1.77. The summed E-state index contributed by atoms with van der Waals surface area (Å²) in [5, 5.41) is 1.31. The van der Waals surface area contributed by atoms with E-state index in [9.17, 15) is 4.79 Å². The number of hydrogen-bond donors (Lipinski definition) is 0. The second kappa shape index (κ2) is 6.10. The molecule has 0 aromatic heterocycles. The smallest absolute Gasteiger partial charge is 0.363 e. The number of amides is 1. The van der Waals surface area contributed by atoms with Crippen molar-refractivity contribution in [2.24, 2.45) is 5.92 Å². The predicted molar refractivity (Wildman–Crippen MR) is 58.2 cm³/mol. The first-order chi connectivity index (χ1) is 7.19. The Morgan fingerprint density at radius 2 is 2.27 bits per heavy atom. The van der Waals surface area contributed by atoms with Gasteiger partial charge in [-0.15, -0.1) is 0 Å². The molecule has 1 aliphatic rings. The van der Waals surface area contributed by atoms with E-state index in [1.165, 1.54) is 12.2 Å². The maximum absolute atomic E-state index is 11.8. The first kappa shape index (κ1) is 12.5. The third kappa shape index (κ3) is 3.48. The van der Waals surface area contributed by atoms with Crippen LogP contribution in [0.2, 0.25) is 0 Å². The molecule has 1 fully saturated rings. The van der Waals surface area contributed by atoms with E-state index in [1.54, 1.807) is 14.2 Å². The van der Waals surface area contributed by atoms with Gasteiger partial charge in [0.15, 0.2) is 0 Å². The fraction of sp³-hybridized carbons (Fsp3) is 0.889. The summed E-state index contributed by atoms with van der Waals surface area (Å²) in [7, 11) is 5.43. The highest BCUT2D eigenvalue weighted by Crippen LogP contribution is 2.17.